The average molecular weight is 1110 g/mol. The zero-order valence-electron chi connectivity index (χ0n) is 51.4. The number of amides is 1. The molecule has 1 saturated heterocycles. The fraction of sp³-hybridized carbons (Fsp3) is 0.814. The molecule has 7 atom stereocenters. The van der Waals surface area contributed by atoms with Crippen LogP contribution in [0.5, 0.6) is 0 Å². The fourth-order valence-corrected chi connectivity index (χ4v) is 10.6. The van der Waals surface area contributed by atoms with E-state index in [1.54, 1.807) is 0 Å². The van der Waals surface area contributed by atoms with Crippen molar-refractivity contribution in [3.63, 3.8) is 0 Å². The molecule has 0 saturated carbocycles. The number of nitrogens with one attached hydrogen (secondary N) is 1. The van der Waals surface area contributed by atoms with Crippen molar-refractivity contribution in [2.24, 2.45) is 0 Å². The zero-order valence-corrected chi connectivity index (χ0v) is 51.4. The van der Waals surface area contributed by atoms with Gasteiger partial charge in [0.05, 0.1) is 25.4 Å². The van der Waals surface area contributed by atoms with Gasteiger partial charge in [0.15, 0.2) is 6.29 Å². The standard InChI is InChI=1S/C70H127NO8/c1-3-5-7-9-11-13-15-17-19-21-23-25-27-29-31-32-34-36-38-40-42-44-46-48-50-52-54-56-58-60-66(74)71-63(62-78-70-69(77)68(76)67(75)65(61-72)79-70)64(73)59-57-55-53-51-49-47-45-43-41-39-37-35-33-30-28-26-24-22-20-18-16-14-12-10-8-6-4-2/h5,7,11,13,17,19,23,25,29,31,34,36,63-65,67-70,72-73,75-77H,3-4,6,8-10,12,14-16,18,20-22,24,26-28,30,32-33,35,37-62H2,1-2H3,(H,71,74)/b7-5-,13-11-,19-17-,25-23-,31-29-,36-34-. The van der Waals surface area contributed by atoms with Gasteiger partial charge in [0, 0.05) is 6.42 Å². The number of carbonyl (C=O) groups excluding carboxylic acids is 1. The number of ether oxygens (including phenoxy) is 2. The lowest BCUT2D eigenvalue weighted by molar-refractivity contribution is -0.302. The fourth-order valence-electron chi connectivity index (χ4n) is 10.6. The minimum absolute atomic E-state index is 0.141. The van der Waals surface area contributed by atoms with Crippen molar-refractivity contribution in [2.75, 3.05) is 13.2 Å². The molecule has 1 fully saturated rings. The third-order valence-corrected chi connectivity index (χ3v) is 15.8. The Morgan fingerprint density at radius 1 is 0.443 bits per heavy atom. The van der Waals surface area contributed by atoms with Gasteiger partial charge in [-0.2, -0.15) is 0 Å². The average Bonchev–Trinajstić information content (AvgIpc) is 3.47. The molecule has 0 aromatic heterocycles. The molecular formula is C70H127NO8. The second-order valence-electron chi connectivity index (χ2n) is 23.2. The lowest BCUT2D eigenvalue weighted by Gasteiger charge is -2.40. The molecule has 0 spiro atoms. The van der Waals surface area contributed by atoms with Crippen LogP contribution in [0, 0.1) is 0 Å². The molecular weight excluding hydrogens is 983 g/mol. The summed E-state index contributed by atoms with van der Waals surface area (Å²) in [5, 5.41) is 54.9. The van der Waals surface area contributed by atoms with Crippen LogP contribution in [0.4, 0.5) is 0 Å². The number of unbranched alkanes of at least 4 members (excludes halogenated alkanes) is 36. The predicted octanol–water partition coefficient (Wildman–Crippen LogP) is 18.0. The highest BCUT2D eigenvalue weighted by atomic mass is 16.7. The molecule has 1 heterocycles. The summed E-state index contributed by atoms with van der Waals surface area (Å²) in [5.74, 6) is -0.148. The minimum atomic E-state index is -1.56. The smallest absolute Gasteiger partial charge is 0.220 e. The largest absolute Gasteiger partial charge is 0.394 e. The molecule has 9 heteroatoms. The Morgan fingerprint density at radius 2 is 0.785 bits per heavy atom. The number of hydrogen-bond acceptors (Lipinski definition) is 8. The summed E-state index contributed by atoms with van der Waals surface area (Å²) in [6.45, 7) is 3.76. The van der Waals surface area contributed by atoms with Crippen molar-refractivity contribution < 1.29 is 39.8 Å². The normalized spacial score (nSPS) is 19.0. The van der Waals surface area contributed by atoms with Crippen molar-refractivity contribution in [3.8, 4) is 0 Å². The highest BCUT2D eigenvalue weighted by molar-refractivity contribution is 5.76. The maximum Gasteiger partial charge on any atom is 0.220 e. The Morgan fingerprint density at radius 3 is 1.16 bits per heavy atom. The second-order valence-corrected chi connectivity index (χ2v) is 23.2. The summed E-state index contributed by atoms with van der Waals surface area (Å²) in [4.78, 5) is 13.1. The van der Waals surface area contributed by atoms with Gasteiger partial charge in [0.1, 0.15) is 24.4 Å². The molecule has 1 amide bonds. The van der Waals surface area contributed by atoms with Gasteiger partial charge in [-0.05, 0) is 64.2 Å². The maximum atomic E-state index is 13.1. The lowest BCUT2D eigenvalue weighted by Crippen LogP contribution is -2.60. The molecule has 0 aromatic carbocycles. The van der Waals surface area contributed by atoms with E-state index >= 15 is 0 Å². The van der Waals surface area contributed by atoms with E-state index in [9.17, 15) is 30.3 Å². The quantitative estimate of drug-likeness (QED) is 0.0261. The molecule has 1 aliphatic rings. The molecule has 1 rings (SSSR count). The summed E-state index contributed by atoms with van der Waals surface area (Å²) in [6.07, 6.45) is 75.2. The van der Waals surface area contributed by atoms with Gasteiger partial charge in [-0.25, -0.2) is 0 Å². The Labute approximate surface area is 487 Å². The molecule has 0 bridgehead atoms. The highest BCUT2D eigenvalue weighted by Gasteiger charge is 2.44. The Kier molecular flexibility index (Phi) is 55.6. The summed E-state index contributed by atoms with van der Waals surface area (Å²) < 4.78 is 11.4. The van der Waals surface area contributed by atoms with Crippen LogP contribution in [0.1, 0.15) is 309 Å². The van der Waals surface area contributed by atoms with Crippen LogP contribution in [0.2, 0.25) is 0 Å². The number of allylic oxidation sites excluding steroid dienone is 12. The van der Waals surface area contributed by atoms with E-state index in [2.05, 4.69) is 92.1 Å². The van der Waals surface area contributed by atoms with Crippen LogP contribution < -0.4 is 5.32 Å². The van der Waals surface area contributed by atoms with Gasteiger partial charge in [0.25, 0.3) is 0 Å². The highest BCUT2D eigenvalue weighted by Crippen LogP contribution is 2.23. The molecule has 1 aliphatic heterocycles. The van der Waals surface area contributed by atoms with Crippen molar-refractivity contribution in [2.45, 2.75) is 352 Å². The molecule has 6 N–H and O–H groups in total. The van der Waals surface area contributed by atoms with Crippen molar-refractivity contribution in [3.05, 3.63) is 72.9 Å². The summed E-state index contributed by atoms with van der Waals surface area (Å²) in [6, 6.07) is -0.727. The van der Waals surface area contributed by atoms with Crippen molar-refractivity contribution in [1.82, 2.24) is 5.32 Å². The maximum absolute atomic E-state index is 13.1. The van der Waals surface area contributed by atoms with Gasteiger partial charge in [-0.1, -0.05) is 311 Å². The Balaban J connectivity index is 2.15. The van der Waals surface area contributed by atoms with E-state index in [1.807, 2.05) is 0 Å². The number of aliphatic hydroxyl groups excluding tert-OH is 5. The van der Waals surface area contributed by atoms with E-state index in [0.29, 0.717) is 12.8 Å². The van der Waals surface area contributed by atoms with E-state index in [1.165, 1.54) is 199 Å². The second kappa shape index (κ2) is 58.8. The molecule has 0 radical (unpaired) electrons. The zero-order chi connectivity index (χ0) is 57.2. The van der Waals surface area contributed by atoms with Crippen LogP contribution in [-0.4, -0.2) is 87.5 Å². The van der Waals surface area contributed by atoms with E-state index in [0.717, 1.165) is 83.5 Å². The van der Waals surface area contributed by atoms with Crippen LogP contribution in [-0.2, 0) is 14.3 Å². The molecule has 7 unspecified atom stereocenters. The van der Waals surface area contributed by atoms with Crippen LogP contribution >= 0.6 is 0 Å². The lowest BCUT2D eigenvalue weighted by atomic mass is 9.99. The predicted molar refractivity (Wildman–Crippen MR) is 336 cm³/mol. The first-order valence-electron chi connectivity index (χ1n) is 33.6. The molecule has 0 aliphatic carbocycles. The van der Waals surface area contributed by atoms with E-state index in [4.69, 9.17) is 9.47 Å². The summed E-state index contributed by atoms with van der Waals surface area (Å²) in [5.41, 5.74) is 0. The van der Waals surface area contributed by atoms with Gasteiger partial charge in [0.2, 0.25) is 5.91 Å². The molecule has 0 aromatic rings. The Bertz CT molecular complexity index is 1470. The van der Waals surface area contributed by atoms with Crippen molar-refractivity contribution >= 4 is 5.91 Å². The van der Waals surface area contributed by atoms with Gasteiger partial charge in [-0.15, -0.1) is 0 Å². The first-order chi connectivity index (χ1) is 38.8. The van der Waals surface area contributed by atoms with Crippen LogP contribution in [0.3, 0.4) is 0 Å². The van der Waals surface area contributed by atoms with Gasteiger partial charge in [-0.3, -0.25) is 4.79 Å². The van der Waals surface area contributed by atoms with Crippen LogP contribution in [0.15, 0.2) is 72.9 Å². The van der Waals surface area contributed by atoms with E-state index in [-0.39, 0.29) is 12.5 Å². The molecule has 460 valence electrons. The minimum Gasteiger partial charge on any atom is -0.394 e. The molecule has 79 heavy (non-hydrogen) atoms. The van der Waals surface area contributed by atoms with Gasteiger partial charge < -0.3 is 40.3 Å². The number of carbonyl (C=O) groups is 1. The van der Waals surface area contributed by atoms with Crippen molar-refractivity contribution in [1.29, 1.82) is 0 Å². The summed E-state index contributed by atoms with van der Waals surface area (Å²) >= 11 is 0. The number of rotatable bonds is 58. The van der Waals surface area contributed by atoms with Crippen LogP contribution in [0.25, 0.3) is 0 Å². The van der Waals surface area contributed by atoms with Gasteiger partial charge >= 0.3 is 0 Å². The first-order valence-corrected chi connectivity index (χ1v) is 33.6. The third kappa shape index (κ3) is 47.8. The number of hydrogen-bond donors (Lipinski definition) is 6. The monoisotopic (exact) mass is 1110 g/mol. The van der Waals surface area contributed by atoms with E-state index < -0.39 is 49.5 Å². The molecule has 9 nitrogen and oxygen atoms in total. The topological polar surface area (TPSA) is 149 Å². The summed E-state index contributed by atoms with van der Waals surface area (Å²) in [7, 11) is 0. The number of aliphatic hydroxyl groups is 5. The third-order valence-electron chi connectivity index (χ3n) is 15.8. The first kappa shape index (κ1) is 74.6. The SMILES string of the molecule is CC/C=C\C/C=C\C/C=C\C/C=C\C/C=C\C/C=C\CCCCCCCCCCCCC(=O)NC(COC1OC(CO)C(O)C(O)C1O)C(O)CCCCCCCCCCCCCCCCCCCCCCCCCCCCC. The Hall–Kier alpha value is -2.37.